The van der Waals surface area contributed by atoms with Gasteiger partial charge in [-0.3, -0.25) is 4.79 Å². The highest BCUT2D eigenvalue weighted by Crippen LogP contribution is 2.40. The molecule has 1 aliphatic carbocycles. The Bertz CT molecular complexity index is 1340. The molecule has 1 amide bonds. The quantitative estimate of drug-likeness (QED) is 0.258. The predicted octanol–water partition coefficient (Wildman–Crippen LogP) is 6.67. The van der Waals surface area contributed by atoms with Gasteiger partial charge in [-0.1, -0.05) is 69.3 Å². The van der Waals surface area contributed by atoms with Crippen LogP contribution in [0.4, 0.5) is 0 Å². The monoisotopic (exact) mass is 469 g/mol. The van der Waals surface area contributed by atoms with Gasteiger partial charge in [-0.15, -0.1) is 11.3 Å². The third-order valence-corrected chi connectivity index (χ3v) is 8.06. The van der Waals surface area contributed by atoms with Gasteiger partial charge in [0.25, 0.3) is 5.91 Å². The first-order valence-corrected chi connectivity index (χ1v) is 12.8. The summed E-state index contributed by atoms with van der Waals surface area (Å²) in [6.07, 6.45) is 7.04. The zero-order valence-corrected chi connectivity index (χ0v) is 20.9. The Hall–Kier alpha value is -3.18. The zero-order valence-electron chi connectivity index (χ0n) is 20.0. The van der Waals surface area contributed by atoms with Crippen molar-refractivity contribution in [3.63, 3.8) is 0 Å². The molecule has 0 saturated carbocycles. The molecule has 0 bridgehead atoms. The van der Waals surface area contributed by atoms with Crippen LogP contribution in [0.3, 0.4) is 0 Å². The number of nitrogens with zero attached hydrogens (tertiary/aromatic N) is 2. The van der Waals surface area contributed by atoms with E-state index >= 15 is 0 Å². The Labute approximate surface area is 205 Å². The summed E-state index contributed by atoms with van der Waals surface area (Å²) in [5.74, 6) is 0.553. The van der Waals surface area contributed by atoms with Gasteiger partial charge in [0.15, 0.2) is 0 Å². The number of rotatable bonds is 5. The van der Waals surface area contributed by atoms with Crippen LogP contribution in [-0.2, 0) is 19.4 Å². The van der Waals surface area contributed by atoms with E-state index in [-0.39, 0.29) is 5.91 Å². The van der Waals surface area contributed by atoms with Gasteiger partial charge in [0.05, 0.1) is 11.8 Å². The molecule has 174 valence electrons. The molecule has 1 aliphatic rings. The molecule has 1 atom stereocenters. The minimum Gasteiger partial charge on any atom is -0.342 e. The van der Waals surface area contributed by atoms with E-state index in [9.17, 15) is 4.79 Å². The van der Waals surface area contributed by atoms with Crippen molar-refractivity contribution in [2.45, 2.75) is 46.6 Å². The number of nitrogens with one attached hydrogen (secondary N) is 1. The van der Waals surface area contributed by atoms with E-state index in [0.29, 0.717) is 11.3 Å². The Kier molecular flexibility index (Phi) is 6.13. The fraction of sp³-hybridized carbons (Fsp3) is 0.310. The molecule has 0 fully saturated rings. The Morgan fingerprint density at radius 2 is 1.91 bits per heavy atom. The largest absolute Gasteiger partial charge is 0.342 e. The number of amides is 1. The third-order valence-electron chi connectivity index (χ3n) is 7.01. The fourth-order valence-electron chi connectivity index (χ4n) is 4.95. The van der Waals surface area contributed by atoms with Crippen LogP contribution >= 0.6 is 11.3 Å². The van der Waals surface area contributed by atoms with Gasteiger partial charge in [-0.25, -0.2) is 5.43 Å². The van der Waals surface area contributed by atoms with E-state index in [1.165, 1.54) is 16.0 Å². The first kappa shape index (κ1) is 22.6. The Morgan fingerprint density at radius 3 is 2.71 bits per heavy atom. The van der Waals surface area contributed by atoms with Crippen LogP contribution in [-0.4, -0.2) is 16.7 Å². The molecule has 0 spiro atoms. The zero-order chi connectivity index (χ0) is 23.7. The summed E-state index contributed by atoms with van der Waals surface area (Å²) in [6, 6.07) is 18.7. The van der Waals surface area contributed by atoms with Gasteiger partial charge in [0, 0.05) is 39.5 Å². The van der Waals surface area contributed by atoms with E-state index in [2.05, 4.69) is 84.5 Å². The Balaban J connectivity index is 1.32. The molecule has 34 heavy (non-hydrogen) atoms. The van der Waals surface area contributed by atoms with E-state index in [1.807, 2.05) is 17.5 Å². The molecule has 4 aromatic rings. The lowest BCUT2D eigenvalue weighted by atomic mass is 9.72. The molecule has 0 aliphatic heterocycles. The summed E-state index contributed by atoms with van der Waals surface area (Å²) in [5, 5.41) is 7.47. The van der Waals surface area contributed by atoms with Gasteiger partial charge >= 0.3 is 0 Å². The molecular weight excluding hydrogens is 438 g/mol. The standard InChI is InChI=1S/C29H31N3OS/c1-29(2,3)22-13-14-24-25(19-34-27(24)15-22)28(33)31-30-16-21-18-32(17-20-9-5-4-6-10-20)26-12-8-7-11-23(21)26/h4-12,16,18-19,22H,13-15,17H2,1-3H3,(H,31,33)/b30-16-. The predicted molar refractivity (Wildman–Crippen MR) is 142 cm³/mol. The SMILES string of the molecule is CC(C)(C)C1CCc2c(C(=O)N/N=C\c3cn(Cc4ccccc4)c4ccccc34)csc2C1. The van der Waals surface area contributed by atoms with Crippen molar-refractivity contribution in [3.8, 4) is 0 Å². The fourth-order valence-corrected chi connectivity index (χ4v) is 6.11. The number of hydrogen-bond donors (Lipinski definition) is 1. The number of carbonyl (C=O) groups is 1. The van der Waals surface area contributed by atoms with Crippen molar-refractivity contribution in [2.24, 2.45) is 16.4 Å². The second-order valence-corrected chi connectivity index (χ2v) is 11.2. The highest BCUT2D eigenvalue weighted by molar-refractivity contribution is 7.10. The second-order valence-electron chi connectivity index (χ2n) is 10.3. The molecule has 2 aromatic carbocycles. The molecule has 0 radical (unpaired) electrons. The molecule has 2 heterocycles. The van der Waals surface area contributed by atoms with Crippen LogP contribution in [0.5, 0.6) is 0 Å². The van der Waals surface area contributed by atoms with Crippen LogP contribution in [0.25, 0.3) is 10.9 Å². The molecule has 5 rings (SSSR count). The number of para-hydroxylation sites is 1. The van der Waals surface area contributed by atoms with Crippen LogP contribution < -0.4 is 5.43 Å². The lowest BCUT2D eigenvalue weighted by Crippen LogP contribution is -2.27. The van der Waals surface area contributed by atoms with Gasteiger partial charge in [-0.05, 0) is 47.8 Å². The average molecular weight is 470 g/mol. The molecule has 2 aromatic heterocycles. The smallest absolute Gasteiger partial charge is 0.272 e. The second kappa shape index (κ2) is 9.22. The minimum absolute atomic E-state index is 0.115. The summed E-state index contributed by atoms with van der Waals surface area (Å²) in [7, 11) is 0. The van der Waals surface area contributed by atoms with Gasteiger partial charge < -0.3 is 4.57 Å². The topological polar surface area (TPSA) is 46.4 Å². The number of fused-ring (bicyclic) bond motifs is 2. The van der Waals surface area contributed by atoms with Crippen molar-refractivity contribution in [1.82, 2.24) is 9.99 Å². The summed E-state index contributed by atoms with van der Waals surface area (Å²) in [6.45, 7) is 7.73. The number of hydrazone groups is 1. The lowest BCUT2D eigenvalue weighted by molar-refractivity contribution is 0.0954. The Morgan fingerprint density at radius 1 is 1.15 bits per heavy atom. The maximum atomic E-state index is 12.9. The van der Waals surface area contributed by atoms with E-state index < -0.39 is 0 Å². The summed E-state index contributed by atoms with van der Waals surface area (Å²) < 4.78 is 2.23. The number of thiophene rings is 1. The van der Waals surface area contributed by atoms with E-state index in [1.54, 1.807) is 17.6 Å². The van der Waals surface area contributed by atoms with Crippen LogP contribution in [0.2, 0.25) is 0 Å². The lowest BCUT2D eigenvalue weighted by Gasteiger charge is -2.33. The highest BCUT2D eigenvalue weighted by Gasteiger charge is 2.31. The van der Waals surface area contributed by atoms with Crippen LogP contribution in [0, 0.1) is 11.3 Å². The molecule has 4 nitrogen and oxygen atoms in total. The van der Waals surface area contributed by atoms with E-state index in [4.69, 9.17) is 0 Å². The van der Waals surface area contributed by atoms with Crippen molar-refractivity contribution in [3.05, 3.63) is 93.3 Å². The normalized spacial score (nSPS) is 16.1. The maximum Gasteiger partial charge on any atom is 0.272 e. The van der Waals surface area contributed by atoms with Crippen molar-refractivity contribution in [2.75, 3.05) is 0 Å². The number of hydrogen-bond acceptors (Lipinski definition) is 3. The first-order valence-electron chi connectivity index (χ1n) is 11.9. The van der Waals surface area contributed by atoms with Gasteiger partial charge in [-0.2, -0.15) is 5.10 Å². The molecular formula is C29H31N3OS. The minimum atomic E-state index is -0.115. The van der Waals surface area contributed by atoms with Crippen molar-refractivity contribution < 1.29 is 4.79 Å². The van der Waals surface area contributed by atoms with Crippen molar-refractivity contribution >= 4 is 34.4 Å². The molecule has 5 heteroatoms. The summed E-state index contributed by atoms with van der Waals surface area (Å²) in [5.41, 5.74) is 8.48. The van der Waals surface area contributed by atoms with Gasteiger partial charge in [0.2, 0.25) is 0 Å². The molecule has 0 saturated heterocycles. The number of aromatic nitrogens is 1. The van der Waals surface area contributed by atoms with Gasteiger partial charge in [0.1, 0.15) is 0 Å². The maximum absolute atomic E-state index is 12.9. The molecule has 1 unspecified atom stereocenters. The van der Waals surface area contributed by atoms with E-state index in [0.717, 1.165) is 47.8 Å². The first-order chi connectivity index (χ1) is 16.4. The average Bonchev–Trinajstić information content (AvgIpc) is 3.41. The van der Waals surface area contributed by atoms with Crippen molar-refractivity contribution in [1.29, 1.82) is 0 Å². The number of carbonyl (C=O) groups excluding carboxylic acids is 1. The van der Waals surface area contributed by atoms with Crippen LogP contribution in [0.1, 0.15) is 59.1 Å². The summed E-state index contributed by atoms with van der Waals surface area (Å²) >= 11 is 1.72. The molecule has 1 N–H and O–H groups in total. The summed E-state index contributed by atoms with van der Waals surface area (Å²) in [4.78, 5) is 14.3. The van der Waals surface area contributed by atoms with Crippen LogP contribution in [0.15, 0.2) is 71.3 Å². The third kappa shape index (κ3) is 4.58. The highest BCUT2D eigenvalue weighted by atomic mass is 32.1. The number of benzene rings is 2.